The molecule has 0 aliphatic heterocycles. The molecule has 2 rings (SSSR count). The van der Waals surface area contributed by atoms with Crippen molar-refractivity contribution < 1.29 is 14.3 Å². The lowest BCUT2D eigenvalue weighted by molar-refractivity contribution is 0.221. The average Bonchev–Trinajstić information content (AvgIpc) is 2.56. The SMILES string of the molecule is COc1ccccc1OCNC(=O)NCCc1ccccc1. The van der Waals surface area contributed by atoms with Gasteiger partial charge in [0.25, 0.3) is 0 Å². The van der Waals surface area contributed by atoms with Crippen LogP contribution in [0.3, 0.4) is 0 Å². The van der Waals surface area contributed by atoms with E-state index in [0.717, 1.165) is 6.42 Å². The molecule has 0 fully saturated rings. The summed E-state index contributed by atoms with van der Waals surface area (Å²) in [5.74, 6) is 1.23. The molecule has 5 nitrogen and oxygen atoms in total. The summed E-state index contributed by atoms with van der Waals surface area (Å²) >= 11 is 0. The fourth-order valence-electron chi connectivity index (χ4n) is 1.94. The van der Waals surface area contributed by atoms with Crippen molar-refractivity contribution in [3.63, 3.8) is 0 Å². The van der Waals surface area contributed by atoms with Crippen molar-refractivity contribution >= 4 is 6.03 Å². The fraction of sp³-hybridized carbons (Fsp3) is 0.235. The van der Waals surface area contributed by atoms with Gasteiger partial charge >= 0.3 is 6.03 Å². The monoisotopic (exact) mass is 300 g/mol. The zero-order chi connectivity index (χ0) is 15.6. The van der Waals surface area contributed by atoms with Crippen molar-refractivity contribution in [2.75, 3.05) is 20.4 Å². The maximum atomic E-state index is 11.6. The summed E-state index contributed by atoms with van der Waals surface area (Å²) in [6, 6.07) is 17.0. The van der Waals surface area contributed by atoms with Gasteiger partial charge in [0.2, 0.25) is 0 Å². The van der Waals surface area contributed by atoms with Gasteiger partial charge in [0.1, 0.15) is 0 Å². The number of urea groups is 1. The van der Waals surface area contributed by atoms with Crippen LogP contribution in [0, 0.1) is 0 Å². The first kappa shape index (κ1) is 15.7. The van der Waals surface area contributed by atoms with Gasteiger partial charge < -0.3 is 20.1 Å². The van der Waals surface area contributed by atoms with Crippen LogP contribution in [0.1, 0.15) is 5.56 Å². The molecule has 2 aromatic rings. The van der Waals surface area contributed by atoms with Crippen LogP contribution in [0.5, 0.6) is 11.5 Å². The Bertz CT molecular complexity index is 587. The third-order valence-corrected chi connectivity index (χ3v) is 3.07. The highest BCUT2D eigenvalue weighted by Crippen LogP contribution is 2.25. The molecule has 0 heterocycles. The van der Waals surface area contributed by atoms with Crippen LogP contribution in [-0.2, 0) is 6.42 Å². The van der Waals surface area contributed by atoms with E-state index < -0.39 is 0 Å². The Morgan fingerprint density at radius 3 is 2.36 bits per heavy atom. The molecule has 0 atom stereocenters. The van der Waals surface area contributed by atoms with E-state index in [0.29, 0.717) is 18.0 Å². The van der Waals surface area contributed by atoms with E-state index in [1.54, 1.807) is 19.2 Å². The van der Waals surface area contributed by atoms with E-state index >= 15 is 0 Å². The van der Waals surface area contributed by atoms with Crippen LogP contribution >= 0.6 is 0 Å². The number of methoxy groups -OCH3 is 1. The van der Waals surface area contributed by atoms with E-state index in [-0.39, 0.29) is 12.8 Å². The summed E-state index contributed by atoms with van der Waals surface area (Å²) in [7, 11) is 1.58. The number of para-hydroxylation sites is 2. The van der Waals surface area contributed by atoms with Gasteiger partial charge in [-0.2, -0.15) is 0 Å². The molecule has 0 aromatic heterocycles. The van der Waals surface area contributed by atoms with E-state index in [9.17, 15) is 4.79 Å². The van der Waals surface area contributed by atoms with Crippen LogP contribution in [0.2, 0.25) is 0 Å². The fourth-order valence-corrected chi connectivity index (χ4v) is 1.94. The Labute approximate surface area is 130 Å². The number of nitrogens with one attached hydrogen (secondary N) is 2. The van der Waals surface area contributed by atoms with Crippen molar-refractivity contribution in [2.24, 2.45) is 0 Å². The Morgan fingerprint density at radius 2 is 1.64 bits per heavy atom. The first-order valence-electron chi connectivity index (χ1n) is 7.11. The zero-order valence-electron chi connectivity index (χ0n) is 12.5. The number of carbonyl (C=O) groups is 1. The largest absolute Gasteiger partial charge is 0.493 e. The number of amides is 2. The molecule has 0 radical (unpaired) electrons. The maximum Gasteiger partial charge on any atom is 0.317 e. The third-order valence-electron chi connectivity index (χ3n) is 3.07. The van der Waals surface area contributed by atoms with Gasteiger partial charge in [0.15, 0.2) is 18.2 Å². The lowest BCUT2D eigenvalue weighted by Crippen LogP contribution is -2.38. The molecule has 116 valence electrons. The lowest BCUT2D eigenvalue weighted by Gasteiger charge is -2.11. The van der Waals surface area contributed by atoms with Crippen LogP contribution in [0.25, 0.3) is 0 Å². The van der Waals surface area contributed by atoms with Gasteiger partial charge in [0.05, 0.1) is 7.11 Å². The van der Waals surface area contributed by atoms with E-state index in [1.165, 1.54) is 5.56 Å². The molecule has 0 aliphatic rings. The number of rotatable bonds is 7. The summed E-state index contributed by atoms with van der Waals surface area (Å²) < 4.78 is 10.6. The normalized spacial score (nSPS) is 9.86. The molecule has 2 N–H and O–H groups in total. The number of ether oxygens (including phenoxy) is 2. The standard InChI is InChI=1S/C17H20N2O3/c1-21-15-9-5-6-10-16(15)22-13-19-17(20)18-12-11-14-7-3-2-4-8-14/h2-10H,11-13H2,1H3,(H2,18,19,20). The Hall–Kier alpha value is -2.69. The summed E-state index contributed by atoms with van der Waals surface area (Å²) in [6.07, 6.45) is 0.793. The van der Waals surface area contributed by atoms with Crippen LogP contribution in [0.15, 0.2) is 54.6 Å². The molecule has 0 bridgehead atoms. The molecule has 2 aromatic carbocycles. The number of carbonyl (C=O) groups excluding carboxylic acids is 1. The number of benzene rings is 2. The van der Waals surface area contributed by atoms with Gasteiger partial charge in [-0.3, -0.25) is 0 Å². The van der Waals surface area contributed by atoms with E-state index in [2.05, 4.69) is 10.6 Å². The minimum Gasteiger partial charge on any atom is -0.493 e. The molecular formula is C17H20N2O3. The first-order chi connectivity index (χ1) is 10.8. The Kier molecular flexibility index (Phi) is 6.11. The van der Waals surface area contributed by atoms with Gasteiger partial charge in [-0.05, 0) is 24.1 Å². The average molecular weight is 300 g/mol. The summed E-state index contributed by atoms with van der Waals surface area (Å²) in [6.45, 7) is 0.655. The van der Waals surface area contributed by atoms with Crippen molar-refractivity contribution in [3.8, 4) is 11.5 Å². The minimum atomic E-state index is -0.258. The first-order valence-corrected chi connectivity index (χ1v) is 7.11. The van der Waals surface area contributed by atoms with Crippen molar-refractivity contribution in [3.05, 3.63) is 60.2 Å². The summed E-state index contributed by atoms with van der Waals surface area (Å²) in [4.78, 5) is 11.6. The minimum absolute atomic E-state index is 0.0809. The zero-order valence-corrected chi connectivity index (χ0v) is 12.5. The van der Waals surface area contributed by atoms with Gasteiger partial charge in [0, 0.05) is 6.54 Å². The quantitative estimate of drug-likeness (QED) is 0.773. The second-order valence-electron chi connectivity index (χ2n) is 4.61. The van der Waals surface area contributed by atoms with Crippen molar-refractivity contribution in [1.82, 2.24) is 10.6 Å². The Morgan fingerprint density at radius 1 is 0.955 bits per heavy atom. The molecule has 5 heteroatoms. The second kappa shape index (κ2) is 8.56. The lowest BCUT2D eigenvalue weighted by atomic mass is 10.1. The smallest absolute Gasteiger partial charge is 0.317 e. The third kappa shape index (κ3) is 5.01. The van der Waals surface area contributed by atoms with Crippen molar-refractivity contribution in [2.45, 2.75) is 6.42 Å². The molecule has 0 unspecified atom stereocenters. The molecule has 0 saturated carbocycles. The molecule has 0 saturated heterocycles. The highest BCUT2D eigenvalue weighted by Gasteiger charge is 2.03. The predicted octanol–water partition coefficient (Wildman–Crippen LogP) is 2.57. The Balaban J connectivity index is 1.65. The summed E-state index contributed by atoms with van der Waals surface area (Å²) in [5, 5.41) is 5.43. The topological polar surface area (TPSA) is 59.6 Å². The van der Waals surface area contributed by atoms with Crippen molar-refractivity contribution in [1.29, 1.82) is 0 Å². The number of hydrogen-bond donors (Lipinski definition) is 2. The summed E-state index contributed by atoms with van der Waals surface area (Å²) in [5.41, 5.74) is 1.19. The predicted molar refractivity (Wildman–Crippen MR) is 85.2 cm³/mol. The molecule has 2 amide bonds. The highest BCUT2D eigenvalue weighted by molar-refractivity contribution is 5.73. The highest BCUT2D eigenvalue weighted by atomic mass is 16.5. The van der Waals surface area contributed by atoms with Gasteiger partial charge in [-0.1, -0.05) is 42.5 Å². The van der Waals surface area contributed by atoms with Crippen LogP contribution in [0.4, 0.5) is 4.79 Å². The second-order valence-corrected chi connectivity index (χ2v) is 4.61. The van der Waals surface area contributed by atoms with E-state index in [4.69, 9.17) is 9.47 Å². The molecule has 22 heavy (non-hydrogen) atoms. The van der Waals surface area contributed by atoms with E-state index in [1.807, 2.05) is 42.5 Å². The number of hydrogen-bond acceptors (Lipinski definition) is 3. The van der Waals surface area contributed by atoms with Gasteiger partial charge in [-0.15, -0.1) is 0 Å². The van der Waals surface area contributed by atoms with Crippen LogP contribution < -0.4 is 20.1 Å². The molecular weight excluding hydrogens is 280 g/mol. The van der Waals surface area contributed by atoms with Crippen LogP contribution in [-0.4, -0.2) is 26.4 Å². The molecule has 0 spiro atoms. The van der Waals surface area contributed by atoms with Gasteiger partial charge in [-0.25, -0.2) is 4.79 Å². The molecule has 0 aliphatic carbocycles. The maximum absolute atomic E-state index is 11.6.